The Hall–Kier alpha value is -5.18. The Morgan fingerprint density at radius 2 is 1.14 bits per heavy atom. The molecular formula is C34H38F4N8O3. The van der Waals surface area contributed by atoms with Crippen LogP contribution in [0.15, 0.2) is 61.2 Å². The molecule has 4 aromatic rings. The fourth-order valence-electron chi connectivity index (χ4n) is 5.47. The van der Waals surface area contributed by atoms with Gasteiger partial charge in [0.15, 0.2) is 0 Å². The van der Waals surface area contributed by atoms with Gasteiger partial charge in [0.2, 0.25) is 11.9 Å². The lowest BCUT2D eigenvalue weighted by atomic mass is 9.71. The zero-order valence-electron chi connectivity index (χ0n) is 27.3. The number of aromatic nitrogens is 4. The lowest BCUT2D eigenvalue weighted by Crippen LogP contribution is -2.43. The van der Waals surface area contributed by atoms with Gasteiger partial charge in [-0.3, -0.25) is 10.2 Å². The van der Waals surface area contributed by atoms with Crippen LogP contribution in [0.5, 0.6) is 0 Å². The highest BCUT2D eigenvalue weighted by Gasteiger charge is 2.42. The van der Waals surface area contributed by atoms with Crippen molar-refractivity contribution in [2.45, 2.75) is 70.4 Å². The molecule has 2 saturated carbocycles. The van der Waals surface area contributed by atoms with E-state index in [2.05, 4.69) is 30.6 Å². The minimum Gasteiger partial charge on any atom is -0.462 e. The van der Waals surface area contributed by atoms with Crippen LogP contribution >= 0.6 is 0 Å². The minimum absolute atomic E-state index is 0.216. The molecule has 0 aliphatic heterocycles. The number of anilines is 2. The number of hydrogen-bond donors (Lipinski definition) is 4. The summed E-state index contributed by atoms with van der Waals surface area (Å²) >= 11 is 0. The summed E-state index contributed by atoms with van der Waals surface area (Å²) in [5.74, 6) is 2.17. The maximum Gasteiger partial charge on any atom is 0.341 e. The number of esters is 1. The normalized spacial score (nSPS) is 15.0. The van der Waals surface area contributed by atoms with Crippen molar-refractivity contribution in [3.05, 3.63) is 107 Å². The van der Waals surface area contributed by atoms with Gasteiger partial charge in [-0.05, 0) is 57.6 Å². The number of rotatable bonds is 9. The molecule has 2 aromatic heterocycles. The molecule has 49 heavy (non-hydrogen) atoms. The molecule has 0 atom stereocenters. The van der Waals surface area contributed by atoms with Crippen molar-refractivity contribution >= 4 is 23.8 Å². The van der Waals surface area contributed by atoms with E-state index < -0.39 is 46.2 Å². The topological polar surface area (TPSA) is 157 Å². The highest BCUT2D eigenvalue weighted by atomic mass is 19.1. The van der Waals surface area contributed by atoms with Crippen LogP contribution in [0.25, 0.3) is 0 Å². The number of ether oxygens (including phenoxy) is 1. The van der Waals surface area contributed by atoms with Crippen LogP contribution in [0, 0.1) is 23.3 Å². The first-order chi connectivity index (χ1) is 23.6. The Kier molecular flexibility index (Phi) is 12.2. The molecule has 15 heteroatoms. The van der Waals surface area contributed by atoms with Crippen molar-refractivity contribution in [1.82, 2.24) is 25.4 Å². The molecule has 6 rings (SSSR count). The monoisotopic (exact) mass is 682 g/mol. The average Bonchev–Trinajstić information content (AvgIpc) is 3.07. The summed E-state index contributed by atoms with van der Waals surface area (Å²) in [6, 6.07) is 7.10. The Labute approximate surface area is 281 Å². The van der Waals surface area contributed by atoms with Gasteiger partial charge >= 0.3 is 5.97 Å². The fourth-order valence-corrected chi connectivity index (χ4v) is 5.47. The summed E-state index contributed by atoms with van der Waals surface area (Å²) in [5.41, 5.74) is 1.93. The lowest BCUT2D eigenvalue weighted by molar-refractivity contribution is 0.0525. The van der Waals surface area contributed by atoms with E-state index in [9.17, 15) is 27.2 Å². The number of benzene rings is 2. The molecule has 2 aliphatic rings. The maximum atomic E-state index is 14.1. The van der Waals surface area contributed by atoms with Gasteiger partial charge in [0, 0.05) is 48.0 Å². The molecule has 2 fully saturated rings. The molecule has 0 unspecified atom stereocenters. The van der Waals surface area contributed by atoms with E-state index in [1.165, 1.54) is 49.1 Å². The molecule has 1 amide bonds. The predicted molar refractivity (Wildman–Crippen MR) is 174 cm³/mol. The third kappa shape index (κ3) is 8.46. The van der Waals surface area contributed by atoms with E-state index in [1.807, 2.05) is 19.3 Å². The number of hydrogen-bond acceptors (Lipinski definition) is 10. The minimum atomic E-state index is -0.657. The third-order valence-corrected chi connectivity index (χ3v) is 8.22. The Morgan fingerprint density at radius 3 is 1.47 bits per heavy atom. The largest absolute Gasteiger partial charge is 0.462 e. The summed E-state index contributed by atoms with van der Waals surface area (Å²) < 4.78 is 59.4. The zero-order chi connectivity index (χ0) is 35.6. The number of carbonyl (C=O) groups excluding carboxylic acids is 2. The van der Waals surface area contributed by atoms with Gasteiger partial charge in [-0.15, -0.1) is 0 Å². The zero-order valence-corrected chi connectivity index (χ0v) is 27.3. The van der Waals surface area contributed by atoms with E-state index in [0.29, 0.717) is 36.8 Å². The number of nitrogens with zero attached hydrogens (tertiary/aromatic N) is 4. The third-order valence-electron chi connectivity index (χ3n) is 8.22. The summed E-state index contributed by atoms with van der Waals surface area (Å²) in [6.45, 7) is 5.98. The van der Waals surface area contributed by atoms with Crippen molar-refractivity contribution in [1.29, 1.82) is 0 Å². The van der Waals surface area contributed by atoms with Gasteiger partial charge in [0.25, 0.3) is 5.91 Å². The highest BCUT2D eigenvalue weighted by Crippen LogP contribution is 2.45. The van der Waals surface area contributed by atoms with Gasteiger partial charge in [-0.2, -0.15) is 0 Å². The van der Waals surface area contributed by atoms with Crippen molar-refractivity contribution < 1.29 is 31.9 Å². The highest BCUT2D eigenvalue weighted by molar-refractivity contribution is 5.93. The Morgan fingerprint density at radius 1 is 0.735 bits per heavy atom. The lowest BCUT2D eigenvalue weighted by Gasteiger charge is -2.43. The average molecular weight is 683 g/mol. The number of halogens is 4. The molecule has 2 aliphatic carbocycles. The van der Waals surface area contributed by atoms with Crippen molar-refractivity contribution in [2.24, 2.45) is 5.84 Å². The number of nitrogen functional groups attached to an aromatic ring is 1. The molecule has 2 heterocycles. The van der Waals surface area contributed by atoms with Crippen molar-refractivity contribution in [3.8, 4) is 0 Å². The van der Waals surface area contributed by atoms with E-state index in [1.54, 1.807) is 6.92 Å². The molecule has 0 radical (unpaired) electrons. The summed E-state index contributed by atoms with van der Waals surface area (Å²) in [6.07, 6.45) is 9.96. The van der Waals surface area contributed by atoms with Crippen LogP contribution in [0.4, 0.5) is 29.5 Å². The van der Waals surface area contributed by atoms with Crippen molar-refractivity contribution in [3.63, 3.8) is 0 Å². The van der Waals surface area contributed by atoms with Crippen LogP contribution in [0.1, 0.15) is 91.1 Å². The Bertz CT molecular complexity index is 1730. The molecule has 11 nitrogen and oxygen atoms in total. The molecule has 0 spiro atoms. The first kappa shape index (κ1) is 36.7. The second kappa shape index (κ2) is 16.3. The van der Waals surface area contributed by atoms with Gasteiger partial charge in [-0.25, -0.2) is 48.1 Å². The van der Waals surface area contributed by atoms with Gasteiger partial charge < -0.3 is 15.4 Å². The van der Waals surface area contributed by atoms with Crippen LogP contribution in [0.2, 0.25) is 0 Å². The molecule has 260 valence electrons. The first-order valence-electron chi connectivity index (χ1n) is 15.9. The van der Waals surface area contributed by atoms with Crippen LogP contribution < -0.4 is 21.9 Å². The van der Waals surface area contributed by atoms with Crippen LogP contribution in [-0.4, -0.2) is 38.4 Å². The molecule has 0 saturated heterocycles. The van der Waals surface area contributed by atoms with Crippen LogP contribution in [-0.2, 0) is 15.8 Å². The predicted octanol–water partition coefficient (Wildman–Crippen LogP) is 6.30. The second-order valence-corrected chi connectivity index (χ2v) is 11.2. The summed E-state index contributed by atoms with van der Waals surface area (Å²) in [7, 11) is 0. The van der Waals surface area contributed by atoms with Crippen molar-refractivity contribution in [2.75, 3.05) is 17.2 Å². The number of nitrogens with one attached hydrogen (secondary N) is 3. The smallest absolute Gasteiger partial charge is 0.341 e. The van der Waals surface area contributed by atoms with Gasteiger partial charge in [0.05, 0.1) is 28.8 Å². The summed E-state index contributed by atoms with van der Waals surface area (Å²) in [4.78, 5) is 39.3. The van der Waals surface area contributed by atoms with Crippen LogP contribution in [0.3, 0.4) is 0 Å². The number of hydrazine groups is 1. The molecular weight excluding hydrogens is 644 g/mol. The number of amides is 1. The van der Waals surface area contributed by atoms with Gasteiger partial charge in [-0.1, -0.05) is 26.0 Å². The maximum absolute atomic E-state index is 14.1. The second-order valence-electron chi connectivity index (χ2n) is 11.2. The molecule has 5 N–H and O–H groups in total. The Balaban J connectivity index is 0.000000210. The SMILES string of the molecule is CC.CCOC(=O)c1cnc(NC2(c3ccc(F)cc3F)CCC2)nc1.NNC(=O)c1cnc(NC2(c3ccc(F)cc3F)CCC2)nc1. The van der Waals surface area contributed by atoms with Gasteiger partial charge in [0.1, 0.15) is 23.3 Å². The molecule has 0 bridgehead atoms. The van der Waals surface area contributed by atoms with E-state index in [-0.39, 0.29) is 29.6 Å². The number of carbonyl (C=O) groups is 2. The van der Waals surface area contributed by atoms with E-state index >= 15 is 0 Å². The quantitative estimate of drug-likeness (QED) is 0.0520. The fraction of sp³-hybridized carbons (Fsp3) is 0.353. The first-order valence-corrected chi connectivity index (χ1v) is 15.9. The molecule has 2 aromatic carbocycles. The van der Waals surface area contributed by atoms with E-state index in [0.717, 1.165) is 25.0 Å². The van der Waals surface area contributed by atoms with E-state index in [4.69, 9.17) is 10.6 Å². The number of nitrogens with two attached hydrogens (primary N) is 1. The standard InChI is InChI=1S/C17H17F2N3O2.C15H15F2N5O.C2H6/c1-2-24-15(23)11-9-20-16(21-10-11)22-17(6-3-7-17)13-5-4-12(18)8-14(13)19;16-10-2-3-11(12(17)6-10)15(4-1-5-15)21-14-19-7-9(8-20-14)13(23)22-18;1-2/h4-5,8-10H,2-3,6-7H2,1H3,(H,20,21,22);2-3,6-8H,1,4-5,18H2,(H,22,23)(H,19,20,21);1-2H3. The summed E-state index contributed by atoms with van der Waals surface area (Å²) in [5, 5.41) is 6.23.